The summed E-state index contributed by atoms with van der Waals surface area (Å²) in [6.45, 7) is 6.07. The van der Waals surface area contributed by atoms with E-state index in [4.69, 9.17) is 5.73 Å². The van der Waals surface area contributed by atoms with Crippen molar-refractivity contribution >= 4 is 11.7 Å². The number of nitrogens with two attached hydrogens (primary N) is 1. The smallest absolute Gasteiger partial charge is 0.220 e. The van der Waals surface area contributed by atoms with Crippen LogP contribution in [-0.4, -0.2) is 11.7 Å². The van der Waals surface area contributed by atoms with Crippen LogP contribution in [-0.2, 0) is 16.0 Å². The molecule has 0 fully saturated rings. The van der Waals surface area contributed by atoms with Crippen LogP contribution in [0.2, 0.25) is 0 Å². The van der Waals surface area contributed by atoms with Crippen LogP contribution in [0.25, 0.3) is 0 Å². The van der Waals surface area contributed by atoms with E-state index in [1.165, 1.54) is 5.56 Å². The van der Waals surface area contributed by atoms with Crippen molar-refractivity contribution in [1.82, 2.24) is 0 Å². The molecule has 1 amide bonds. The molecule has 2 N–H and O–H groups in total. The van der Waals surface area contributed by atoms with Crippen molar-refractivity contribution in [1.29, 1.82) is 0 Å². The second-order valence-corrected chi connectivity index (χ2v) is 5.63. The van der Waals surface area contributed by atoms with Crippen LogP contribution in [0, 0.1) is 18.8 Å². The Morgan fingerprint density at radius 2 is 1.74 bits per heavy atom. The molecule has 104 valence electrons. The first-order chi connectivity index (χ1) is 8.88. The lowest BCUT2D eigenvalue weighted by atomic mass is 9.90. The summed E-state index contributed by atoms with van der Waals surface area (Å²) in [6.07, 6.45) is 1.30. The van der Waals surface area contributed by atoms with Crippen molar-refractivity contribution < 1.29 is 9.59 Å². The number of ketones is 1. The van der Waals surface area contributed by atoms with Crippen molar-refractivity contribution in [3.8, 4) is 0 Å². The number of rotatable bonds is 7. The van der Waals surface area contributed by atoms with Crippen molar-refractivity contribution in [2.45, 2.75) is 40.0 Å². The lowest BCUT2D eigenvalue weighted by molar-refractivity contribution is -0.127. The molecule has 1 atom stereocenters. The largest absolute Gasteiger partial charge is 0.369 e. The molecular formula is C16H23NO2. The molecule has 0 aromatic heterocycles. The lowest BCUT2D eigenvalue weighted by Gasteiger charge is -2.14. The Hall–Kier alpha value is -1.64. The minimum Gasteiger partial charge on any atom is -0.369 e. The Morgan fingerprint density at radius 3 is 2.21 bits per heavy atom. The first-order valence-electron chi connectivity index (χ1n) is 6.75. The summed E-state index contributed by atoms with van der Waals surface area (Å²) in [5.74, 6) is -0.262. The van der Waals surface area contributed by atoms with Crippen molar-refractivity contribution in [2.24, 2.45) is 17.6 Å². The Morgan fingerprint density at radius 1 is 1.16 bits per heavy atom. The average molecular weight is 261 g/mol. The lowest BCUT2D eigenvalue weighted by Crippen LogP contribution is -2.27. The fourth-order valence-electron chi connectivity index (χ4n) is 2.15. The van der Waals surface area contributed by atoms with E-state index in [-0.39, 0.29) is 24.0 Å². The van der Waals surface area contributed by atoms with Gasteiger partial charge in [0.15, 0.2) is 0 Å². The van der Waals surface area contributed by atoms with Gasteiger partial charge in [-0.15, -0.1) is 0 Å². The molecule has 0 aliphatic heterocycles. The van der Waals surface area contributed by atoms with Gasteiger partial charge in [0.1, 0.15) is 5.78 Å². The van der Waals surface area contributed by atoms with E-state index in [0.717, 1.165) is 5.56 Å². The fourth-order valence-corrected chi connectivity index (χ4v) is 2.15. The Labute approximate surface area is 115 Å². The number of hydrogen-bond donors (Lipinski definition) is 1. The van der Waals surface area contributed by atoms with Gasteiger partial charge in [-0.2, -0.15) is 0 Å². The highest BCUT2D eigenvalue weighted by atomic mass is 16.1. The molecule has 0 spiro atoms. The fraction of sp³-hybridized carbons (Fsp3) is 0.500. The van der Waals surface area contributed by atoms with Gasteiger partial charge in [-0.3, -0.25) is 9.59 Å². The number of Topliss-reactive ketones (excluding diaryl/α,β-unsaturated/α-hetero) is 1. The van der Waals surface area contributed by atoms with Crippen molar-refractivity contribution in [3.05, 3.63) is 35.4 Å². The summed E-state index contributed by atoms with van der Waals surface area (Å²) in [5, 5.41) is 0. The minimum absolute atomic E-state index is 0.0771. The molecule has 3 heteroatoms. The maximum Gasteiger partial charge on any atom is 0.220 e. The quantitative estimate of drug-likeness (QED) is 0.820. The van der Waals surface area contributed by atoms with Gasteiger partial charge in [-0.25, -0.2) is 0 Å². The van der Waals surface area contributed by atoms with E-state index < -0.39 is 0 Å². The van der Waals surface area contributed by atoms with Crippen LogP contribution < -0.4 is 5.73 Å². The number of carbonyl (C=O) groups is 2. The number of aryl methyl sites for hydroxylation is 1. The molecular weight excluding hydrogens is 238 g/mol. The summed E-state index contributed by atoms with van der Waals surface area (Å²) in [6, 6.07) is 7.88. The highest BCUT2D eigenvalue weighted by Gasteiger charge is 2.20. The number of carbonyl (C=O) groups excluding carboxylic acids is 2. The SMILES string of the molecule is Cc1ccc(CC(=O)C[C@@H](CC(C)C)C(N)=O)cc1. The molecule has 1 rings (SSSR count). The highest BCUT2D eigenvalue weighted by molar-refractivity contribution is 5.87. The third kappa shape index (κ3) is 5.69. The molecule has 19 heavy (non-hydrogen) atoms. The van der Waals surface area contributed by atoms with Crippen LogP contribution in [0.15, 0.2) is 24.3 Å². The van der Waals surface area contributed by atoms with E-state index in [2.05, 4.69) is 0 Å². The Bertz CT molecular complexity index is 435. The molecule has 0 aliphatic rings. The van der Waals surface area contributed by atoms with Gasteiger partial charge in [0.05, 0.1) is 0 Å². The van der Waals surface area contributed by atoms with E-state index in [1.807, 2.05) is 45.0 Å². The number of hydrogen-bond acceptors (Lipinski definition) is 2. The Balaban J connectivity index is 2.57. The molecule has 0 saturated heterocycles. The topological polar surface area (TPSA) is 60.2 Å². The summed E-state index contributed by atoms with van der Waals surface area (Å²) in [7, 11) is 0. The zero-order valence-electron chi connectivity index (χ0n) is 12.0. The first kappa shape index (κ1) is 15.4. The summed E-state index contributed by atoms with van der Waals surface area (Å²) in [4.78, 5) is 23.3. The maximum absolute atomic E-state index is 12.0. The minimum atomic E-state index is -0.369. The van der Waals surface area contributed by atoms with E-state index in [9.17, 15) is 9.59 Å². The molecule has 0 radical (unpaired) electrons. The van der Waals surface area contributed by atoms with Crippen LogP contribution in [0.1, 0.15) is 37.8 Å². The van der Waals surface area contributed by atoms with Crippen molar-refractivity contribution in [2.75, 3.05) is 0 Å². The zero-order chi connectivity index (χ0) is 14.4. The monoisotopic (exact) mass is 261 g/mol. The van der Waals surface area contributed by atoms with E-state index >= 15 is 0 Å². The normalized spacial score (nSPS) is 12.4. The first-order valence-corrected chi connectivity index (χ1v) is 6.75. The predicted octanol–water partition coefficient (Wildman–Crippen LogP) is 2.64. The van der Waals surface area contributed by atoms with Crippen LogP contribution in [0.3, 0.4) is 0 Å². The van der Waals surface area contributed by atoms with Gasteiger partial charge < -0.3 is 5.73 Å². The number of benzene rings is 1. The highest BCUT2D eigenvalue weighted by Crippen LogP contribution is 2.17. The third-order valence-electron chi connectivity index (χ3n) is 3.15. The van der Waals surface area contributed by atoms with Crippen LogP contribution in [0.4, 0.5) is 0 Å². The van der Waals surface area contributed by atoms with Gasteiger partial charge in [0, 0.05) is 18.8 Å². The van der Waals surface area contributed by atoms with Gasteiger partial charge in [-0.05, 0) is 24.8 Å². The third-order valence-corrected chi connectivity index (χ3v) is 3.15. The van der Waals surface area contributed by atoms with E-state index in [1.54, 1.807) is 0 Å². The summed E-state index contributed by atoms with van der Waals surface area (Å²) >= 11 is 0. The molecule has 0 aliphatic carbocycles. The maximum atomic E-state index is 12.0. The van der Waals surface area contributed by atoms with Crippen molar-refractivity contribution in [3.63, 3.8) is 0 Å². The molecule has 0 bridgehead atoms. The molecule has 0 saturated carbocycles. The average Bonchev–Trinajstić information content (AvgIpc) is 2.30. The van der Waals surface area contributed by atoms with Crippen LogP contribution in [0.5, 0.6) is 0 Å². The molecule has 1 aromatic rings. The molecule has 0 unspecified atom stereocenters. The summed E-state index contributed by atoms with van der Waals surface area (Å²) in [5.41, 5.74) is 7.52. The zero-order valence-corrected chi connectivity index (χ0v) is 12.0. The van der Waals surface area contributed by atoms with Crippen LogP contribution >= 0.6 is 0 Å². The standard InChI is InChI=1S/C16H23NO2/c1-11(2)8-14(16(17)19)10-15(18)9-13-6-4-12(3)5-7-13/h4-7,11,14H,8-10H2,1-3H3,(H2,17,19)/t14-/m1/s1. The molecule has 3 nitrogen and oxygen atoms in total. The molecule has 0 heterocycles. The van der Waals surface area contributed by atoms with E-state index in [0.29, 0.717) is 18.8 Å². The van der Waals surface area contributed by atoms with Gasteiger partial charge in [-0.1, -0.05) is 43.7 Å². The van der Waals surface area contributed by atoms with Gasteiger partial charge in [0.2, 0.25) is 5.91 Å². The van der Waals surface area contributed by atoms with Gasteiger partial charge in [0.25, 0.3) is 0 Å². The predicted molar refractivity (Wildman–Crippen MR) is 76.6 cm³/mol. The number of amides is 1. The number of primary amides is 1. The second kappa shape index (κ2) is 7.07. The Kier molecular flexibility index (Phi) is 5.74. The summed E-state index contributed by atoms with van der Waals surface area (Å²) < 4.78 is 0. The second-order valence-electron chi connectivity index (χ2n) is 5.63. The van der Waals surface area contributed by atoms with Gasteiger partial charge >= 0.3 is 0 Å². The molecule has 1 aromatic carbocycles.